The molecule has 3 heterocycles. The van der Waals surface area contributed by atoms with Crippen molar-refractivity contribution in [2.24, 2.45) is 0 Å². The van der Waals surface area contributed by atoms with Gasteiger partial charge >= 0.3 is 0 Å². The molecule has 0 fully saturated rings. The fraction of sp³-hybridized carbons (Fsp3) is 0.294. The summed E-state index contributed by atoms with van der Waals surface area (Å²) in [5.41, 5.74) is 2.61. The third-order valence-electron chi connectivity index (χ3n) is 3.99. The van der Waals surface area contributed by atoms with Crippen molar-refractivity contribution < 1.29 is 4.79 Å². The third kappa shape index (κ3) is 2.85. The lowest BCUT2D eigenvalue weighted by Gasteiger charge is -2.26. The topological polar surface area (TPSA) is 63.4 Å². The number of amides is 1. The first-order valence-corrected chi connectivity index (χ1v) is 8.08. The molecular weight excluding hydrogens is 326 g/mol. The van der Waals surface area contributed by atoms with Crippen LogP contribution in [0.25, 0.3) is 5.65 Å². The van der Waals surface area contributed by atoms with Crippen LogP contribution in [0, 0.1) is 6.92 Å². The van der Waals surface area contributed by atoms with Crippen LogP contribution in [0.15, 0.2) is 36.9 Å². The highest BCUT2D eigenvalue weighted by Crippen LogP contribution is 2.27. The summed E-state index contributed by atoms with van der Waals surface area (Å²) in [6.45, 7) is 3.93. The molecule has 3 aromatic heterocycles. The lowest BCUT2D eigenvalue weighted by atomic mass is 10.1. The Hall–Kier alpha value is -2.47. The number of hydrogen-bond acceptors (Lipinski definition) is 4. The normalized spacial score (nSPS) is 12.3. The second-order valence-corrected chi connectivity index (χ2v) is 6.07. The minimum atomic E-state index is -0.237. The second kappa shape index (κ2) is 6.57. The van der Waals surface area contributed by atoms with E-state index in [2.05, 4.69) is 15.1 Å². The summed E-state index contributed by atoms with van der Waals surface area (Å²) in [6, 6.07) is 3.73. The van der Waals surface area contributed by atoms with E-state index in [9.17, 15) is 4.79 Å². The average Bonchev–Trinajstić information content (AvgIpc) is 2.91. The molecule has 0 N–H and O–H groups in total. The predicted molar refractivity (Wildman–Crippen MR) is 92.1 cm³/mol. The van der Waals surface area contributed by atoms with Gasteiger partial charge in [-0.3, -0.25) is 9.78 Å². The number of fused-ring (bicyclic) bond motifs is 1. The van der Waals surface area contributed by atoms with E-state index in [0.29, 0.717) is 5.65 Å². The predicted octanol–water partition coefficient (Wildman–Crippen LogP) is 3.31. The number of hydrogen-bond donors (Lipinski definition) is 0. The molecule has 7 heteroatoms. The molecule has 0 radical (unpaired) electrons. The summed E-state index contributed by atoms with van der Waals surface area (Å²) in [5, 5.41) is 4.59. The van der Waals surface area contributed by atoms with Gasteiger partial charge in [0.2, 0.25) is 0 Å². The van der Waals surface area contributed by atoms with Crippen LogP contribution in [0.3, 0.4) is 0 Å². The van der Waals surface area contributed by atoms with E-state index in [0.717, 1.165) is 17.5 Å². The van der Waals surface area contributed by atoms with Crippen molar-refractivity contribution in [3.8, 4) is 0 Å². The number of nitrogens with zero attached hydrogens (tertiary/aromatic N) is 5. The van der Waals surface area contributed by atoms with E-state index < -0.39 is 0 Å². The average molecular weight is 344 g/mol. The van der Waals surface area contributed by atoms with Gasteiger partial charge < -0.3 is 4.90 Å². The van der Waals surface area contributed by atoms with Gasteiger partial charge in [0.15, 0.2) is 11.3 Å². The van der Waals surface area contributed by atoms with Gasteiger partial charge in [-0.1, -0.05) is 24.6 Å². The lowest BCUT2D eigenvalue weighted by Crippen LogP contribution is -2.31. The van der Waals surface area contributed by atoms with Gasteiger partial charge in [-0.15, -0.1) is 0 Å². The molecule has 0 aromatic carbocycles. The number of rotatable bonds is 4. The molecule has 1 atom stereocenters. The van der Waals surface area contributed by atoms with Gasteiger partial charge in [-0.2, -0.15) is 5.10 Å². The van der Waals surface area contributed by atoms with Crippen LogP contribution in [-0.4, -0.2) is 37.4 Å². The van der Waals surface area contributed by atoms with Crippen molar-refractivity contribution in [1.82, 2.24) is 24.5 Å². The van der Waals surface area contributed by atoms with Crippen LogP contribution >= 0.6 is 11.6 Å². The Morgan fingerprint density at radius 3 is 2.88 bits per heavy atom. The molecule has 6 nitrogen and oxygen atoms in total. The Bertz CT molecular complexity index is 877. The first-order valence-electron chi connectivity index (χ1n) is 7.70. The van der Waals surface area contributed by atoms with Crippen molar-refractivity contribution in [1.29, 1.82) is 0 Å². The summed E-state index contributed by atoms with van der Waals surface area (Å²) in [4.78, 5) is 23.0. The summed E-state index contributed by atoms with van der Waals surface area (Å²) < 4.78 is 1.55. The van der Waals surface area contributed by atoms with Gasteiger partial charge in [0.05, 0.1) is 6.04 Å². The highest BCUT2D eigenvalue weighted by atomic mass is 35.5. The number of aryl methyl sites for hydroxylation is 1. The van der Waals surface area contributed by atoms with Crippen molar-refractivity contribution in [3.05, 3.63) is 58.8 Å². The number of pyridine rings is 1. The molecule has 1 amide bonds. The molecule has 0 bridgehead atoms. The van der Waals surface area contributed by atoms with E-state index in [1.807, 2.05) is 26.0 Å². The smallest absolute Gasteiger partial charge is 0.276 e. The Kier molecular flexibility index (Phi) is 4.49. The van der Waals surface area contributed by atoms with Gasteiger partial charge in [0.1, 0.15) is 5.02 Å². The molecule has 0 aliphatic heterocycles. The molecule has 24 heavy (non-hydrogen) atoms. The zero-order valence-corrected chi connectivity index (χ0v) is 14.5. The summed E-state index contributed by atoms with van der Waals surface area (Å²) in [5.74, 6) is -0.237. The molecular formula is C17H18ClN5O. The van der Waals surface area contributed by atoms with E-state index in [-0.39, 0.29) is 22.7 Å². The molecule has 0 saturated carbocycles. The van der Waals surface area contributed by atoms with E-state index in [1.165, 1.54) is 0 Å². The zero-order valence-electron chi connectivity index (χ0n) is 13.8. The Balaban J connectivity index is 1.97. The van der Waals surface area contributed by atoms with Gasteiger partial charge in [0, 0.05) is 31.8 Å². The number of aromatic nitrogens is 4. The largest absolute Gasteiger partial charge is 0.333 e. The molecule has 0 aliphatic carbocycles. The fourth-order valence-electron chi connectivity index (χ4n) is 2.75. The van der Waals surface area contributed by atoms with Crippen LogP contribution in [-0.2, 0) is 0 Å². The molecule has 124 valence electrons. The summed E-state index contributed by atoms with van der Waals surface area (Å²) in [7, 11) is 1.75. The first-order chi connectivity index (χ1) is 11.5. The van der Waals surface area contributed by atoms with Crippen molar-refractivity contribution in [2.45, 2.75) is 26.3 Å². The van der Waals surface area contributed by atoms with E-state index in [1.54, 1.807) is 41.3 Å². The summed E-state index contributed by atoms with van der Waals surface area (Å²) >= 11 is 6.34. The van der Waals surface area contributed by atoms with Crippen LogP contribution in [0.4, 0.5) is 0 Å². The number of carbonyl (C=O) groups excluding carboxylic acids is 1. The van der Waals surface area contributed by atoms with Crippen LogP contribution in [0.5, 0.6) is 0 Å². The van der Waals surface area contributed by atoms with E-state index >= 15 is 0 Å². The maximum atomic E-state index is 12.9. The number of halogens is 1. The molecule has 0 aliphatic rings. The molecule has 0 spiro atoms. The van der Waals surface area contributed by atoms with E-state index in [4.69, 9.17) is 11.6 Å². The first kappa shape index (κ1) is 16.4. The second-order valence-electron chi connectivity index (χ2n) is 5.69. The maximum Gasteiger partial charge on any atom is 0.276 e. The van der Waals surface area contributed by atoms with Crippen LogP contribution < -0.4 is 0 Å². The number of carbonyl (C=O) groups is 1. The lowest BCUT2D eigenvalue weighted by molar-refractivity contribution is 0.0719. The van der Waals surface area contributed by atoms with Gasteiger partial charge in [-0.05, 0) is 30.5 Å². The fourth-order valence-corrected chi connectivity index (χ4v) is 3.01. The molecule has 0 unspecified atom stereocenters. The van der Waals surface area contributed by atoms with Crippen molar-refractivity contribution in [2.75, 3.05) is 7.05 Å². The summed E-state index contributed by atoms with van der Waals surface area (Å²) in [6.07, 6.45) is 7.74. The van der Waals surface area contributed by atoms with Gasteiger partial charge in [-0.25, -0.2) is 9.50 Å². The van der Waals surface area contributed by atoms with Crippen LogP contribution in [0.2, 0.25) is 5.02 Å². The Labute approximate surface area is 145 Å². The quantitative estimate of drug-likeness (QED) is 0.729. The molecule has 3 aromatic rings. The standard InChI is InChI=1S/C17H18ClN5O/c1-4-13(12-6-5-7-19-9-12)22(3)17(24)15-14(18)16-20-8-11(2)10-23(16)21-15/h5-10,13H,4H2,1-3H3/t13-/m1/s1. The minimum Gasteiger partial charge on any atom is -0.333 e. The minimum absolute atomic E-state index is 0.0956. The molecule has 3 rings (SSSR count). The highest BCUT2D eigenvalue weighted by Gasteiger charge is 2.27. The Morgan fingerprint density at radius 2 is 2.21 bits per heavy atom. The Morgan fingerprint density at radius 1 is 1.42 bits per heavy atom. The zero-order chi connectivity index (χ0) is 17.3. The third-order valence-corrected chi connectivity index (χ3v) is 4.34. The van der Waals surface area contributed by atoms with Crippen molar-refractivity contribution >= 4 is 23.2 Å². The van der Waals surface area contributed by atoms with Crippen molar-refractivity contribution in [3.63, 3.8) is 0 Å². The maximum absolute atomic E-state index is 12.9. The molecule has 0 saturated heterocycles. The van der Waals surface area contributed by atoms with Crippen LogP contribution in [0.1, 0.15) is 41.0 Å². The highest BCUT2D eigenvalue weighted by molar-refractivity contribution is 6.36. The monoisotopic (exact) mass is 343 g/mol. The SMILES string of the molecule is CC[C@H](c1cccnc1)N(C)C(=O)c1nn2cc(C)cnc2c1Cl. The van der Waals surface area contributed by atoms with Gasteiger partial charge in [0.25, 0.3) is 5.91 Å².